The summed E-state index contributed by atoms with van der Waals surface area (Å²) in [5.41, 5.74) is 3.58. The molecule has 0 atom stereocenters. The van der Waals surface area contributed by atoms with E-state index >= 15 is 0 Å². The lowest BCUT2D eigenvalue weighted by Gasteiger charge is -2.28. The number of likely N-dealkylation sites (tertiary alicyclic amines) is 1. The van der Waals surface area contributed by atoms with Crippen LogP contribution in [0.4, 0.5) is 0 Å². The molecular weight excluding hydrogens is 336 g/mol. The zero-order valence-corrected chi connectivity index (χ0v) is 15.9. The summed E-state index contributed by atoms with van der Waals surface area (Å²) in [6.45, 7) is 4.19. The summed E-state index contributed by atoms with van der Waals surface area (Å²) in [6.07, 6.45) is 12.1. The van der Waals surface area contributed by atoms with Gasteiger partial charge < -0.3 is 4.90 Å². The molecule has 2 aromatic rings. The average Bonchev–Trinajstić information content (AvgIpc) is 3.04. The fraction of sp³-hybridized carbons (Fsp3) is 0.455. The first kappa shape index (κ1) is 18.0. The second kappa shape index (κ2) is 8.53. The summed E-state index contributed by atoms with van der Waals surface area (Å²) in [5, 5.41) is 4.50. The van der Waals surface area contributed by atoms with E-state index in [1.165, 1.54) is 24.0 Å². The molecule has 2 aliphatic rings. The van der Waals surface area contributed by atoms with Crippen LogP contribution in [0.2, 0.25) is 0 Å². The van der Waals surface area contributed by atoms with E-state index in [0.717, 1.165) is 51.1 Å². The first-order valence-electron chi connectivity index (χ1n) is 10.1. The molecule has 1 fully saturated rings. The SMILES string of the molecule is O=C(CN1CC=C(c2cnn(-c3ccccc3)c2)CC1)N1CCCCCC1. The van der Waals surface area contributed by atoms with Gasteiger partial charge in [-0.15, -0.1) is 0 Å². The van der Waals surface area contributed by atoms with Crippen LogP contribution in [0.15, 0.2) is 48.8 Å². The Morgan fingerprint density at radius 2 is 1.78 bits per heavy atom. The van der Waals surface area contributed by atoms with Crippen LogP contribution < -0.4 is 0 Å². The normalized spacial score (nSPS) is 18.8. The van der Waals surface area contributed by atoms with E-state index in [-0.39, 0.29) is 0 Å². The van der Waals surface area contributed by atoms with Gasteiger partial charge in [0, 0.05) is 37.9 Å². The Labute approximate surface area is 161 Å². The molecule has 0 unspecified atom stereocenters. The third-order valence-electron chi connectivity index (χ3n) is 5.59. The van der Waals surface area contributed by atoms with Gasteiger partial charge in [-0.05, 0) is 37.0 Å². The Hall–Kier alpha value is -2.40. The third-order valence-corrected chi connectivity index (χ3v) is 5.59. The topological polar surface area (TPSA) is 41.4 Å². The predicted octanol–water partition coefficient (Wildman–Crippen LogP) is 3.36. The molecule has 0 saturated carbocycles. The standard InChI is InChI=1S/C22H28N4O/c27-22(25-12-6-1-2-7-13-25)18-24-14-10-19(11-15-24)20-16-23-26(17-20)21-8-4-3-5-9-21/h3-5,8-10,16-17H,1-2,6-7,11-15,18H2. The molecule has 2 aliphatic heterocycles. The van der Waals surface area contributed by atoms with Gasteiger partial charge in [-0.25, -0.2) is 4.68 Å². The summed E-state index contributed by atoms with van der Waals surface area (Å²) < 4.78 is 1.92. The zero-order valence-electron chi connectivity index (χ0n) is 15.9. The quantitative estimate of drug-likeness (QED) is 0.835. The minimum atomic E-state index is 0.297. The number of rotatable bonds is 4. The molecule has 0 N–H and O–H groups in total. The van der Waals surface area contributed by atoms with Gasteiger partial charge in [0.15, 0.2) is 0 Å². The van der Waals surface area contributed by atoms with Gasteiger partial charge in [0.05, 0.1) is 18.4 Å². The summed E-state index contributed by atoms with van der Waals surface area (Å²) in [4.78, 5) is 16.9. The largest absolute Gasteiger partial charge is 0.342 e. The van der Waals surface area contributed by atoms with Crippen molar-refractivity contribution in [1.82, 2.24) is 19.6 Å². The second-order valence-electron chi connectivity index (χ2n) is 7.52. The number of benzene rings is 1. The summed E-state index contributed by atoms with van der Waals surface area (Å²) in [6, 6.07) is 10.2. The third kappa shape index (κ3) is 4.48. The maximum atomic E-state index is 12.6. The van der Waals surface area contributed by atoms with Crippen molar-refractivity contribution in [3.8, 4) is 5.69 Å². The van der Waals surface area contributed by atoms with Crippen molar-refractivity contribution >= 4 is 11.5 Å². The van der Waals surface area contributed by atoms with E-state index in [9.17, 15) is 4.79 Å². The molecule has 4 rings (SSSR count). The van der Waals surface area contributed by atoms with Crippen molar-refractivity contribution < 1.29 is 4.79 Å². The number of hydrogen-bond acceptors (Lipinski definition) is 3. The van der Waals surface area contributed by atoms with Gasteiger partial charge in [-0.1, -0.05) is 37.1 Å². The fourth-order valence-electron chi connectivity index (χ4n) is 3.94. The second-order valence-corrected chi connectivity index (χ2v) is 7.52. The predicted molar refractivity (Wildman–Crippen MR) is 108 cm³/mol. The van der Waals surface area contributed by atoms with E-state index in [2.05, 4.69) is 39.3 Å². The minimum Gasteiger partial charge on any atom is -0.342 e. The molecule has 1 saturated heterocycles. The average molecular weight is 364 g/mol. The number of carbonyl (C=O) groups is 1. The molecule has 27 heavy (non-hydrogen) atoms. The first-order chi connectivity index (χ1) is 13.3. The zero-order chi connectivity index (χ0) is 18.5. The molecule has 0 aliphatic carbocycles. The number of aromatic nitrogens is 2. The van der Waals surface area contributed by atoms with Crippen molar-refractivity contribution in [2.24, 2.45) is 0 Å². The van der Waals surface area contributed by atoms with Gasteiger partial charge in [0.25, 0.3) is 0 Å². The van der Waals surface area contributed by atoms with Crippen LogP contribution in [0, 0.1) is 0 Å². The Morgan fingerprint density at radius 1 is 1.00 bits per heavy atom. The van der Waals surface area contributed by atoms with Crippen LogP contribution in [0.1, 0.15) is 37.7 Å². The molecule has 0 spiro atoms. The van der Waals surface area contributed by atoms with Gasteiger partial charge in [0.2, 0.25) is 5.91 Å². The summed E-state index contributed by atoms with van der Waals surface area (Å²) in [7, 11) is 0. The van der Waals surface area contributed by atoms with E-state index in [1.807, 2.05) is 29.1 Å². The number of carbonyl (C=O) groups excluding carboxylic acids is 1. The molecule has 1 aromatic carbocycles. The number of para-hydroxylation sites is 1. The van der Waals surface area contributed by atoms with Crippen molar-refractivity contribution in [2.75, 3.05) is 32.7 Å². The van der Waals surface area contributed by atoms with Crippen LogP contribution in [-0.4, -0.2) is 58.2 Å². The number of amides is 1. The lowest BCUT2D eigenvalue weighted by atomic mass is 10.0. The van der Waals surface area contributed by atoms with Crippen LogP contribution >= 0.6 is 0 Å². The van der Waals surface area contributed by atoms with Crippen LogP contribution in [0.25, 0.3) is 11.3 Å². The maximum absolute atomic E-state index is 12.6. The minimum absolute atomic E-state index is 0.297. The molecule has 142 valence electrons. The van der Waals surface area contributed by atoms with E-state index in [1.54, 1.807) is 0 Å². The highest BCUT2D eigenvalue weighted by atomic mass is 16.2. The van der Waals surface area contributed by atoms with E-state index in [0.29, 0.717) is 12.5 Å². The Bertz CT molecular complexity index is 788. The molecular formula is C22H28N4O. The van der Waals surface area contributed by atoms with Crippen LogP contribution in [0.3, 0.4) is 0 Å². The highest BCUT2D eigenvalue weighted by Gasteiger charge is 2.20. The number of nitrogens with zero attached hydrogens (tertiary/aromatic N) is 4. The van der Waals surface area contributed by atoms with Crippen molar-refractivity contribution in [2.45, 2.75) is 32.1 Å². The Morgan fingerprint density at radius 3 is 2.48 bits per heavy atom. The maximum Gasteiger partial charge on any atom is 0.236 e. The summed E-state index contributed by atoms with van der Waals surface area (Å²) >= 11 is 0. The Balaban J connectivity index is 1.35. The van der Waals surface area contributed by atoms with E-state index in [4.69, 9.17) is 0 Å². The monoisotopic (exact) mass is 364 g/mol. The fourth-order valence-corrected chi connectivity index (χ4v) is 3.94. The molecule has 5 nitrogen and oxygen atoms in total. The Kier molecular flexibility index (Phi) is 5.68. The van der Waals surface area contributed by atoms with Gasteiger partial charge in [-0.2, -0.15) is 5.10 Å². The van der Waals surface area contributed by atoms with Crippen LogP contribution in [0.5, 0.6) is 0 Å². The van der Waals surface area contributed by atoms with Gasteiger partial charge in [0.1, 0.15) is 0 Å². The lowest BCUT2D eigenvalue weighted by Crippen LogP contribution is -2.42. The molecule has 1 aromatic heterocycles. The molecule has 0 radical (unpaired) electrons. The smallest absolute Gasteiger partial charge is 0.236 e. The summed E-state index contributed by atoms with van der Waals surface area (Å²) in [5.74, 6) is 0.297. The van der Waals surface area contributed by atoms with Gasteiger partial charge in [-0.3, -0.25) is 9.69 Å². The van der Waals surface area contributed by atoms with Gasteiger partial charge >= 0.3 is 0 Å². The molecule has 3 heterocycles. The highest BCUT2D eigenvalue weighted by Crippen LogP contribution is 2.23. The van der Waals surface area contributed by atoms with Crippen LogP contribution in [-0.2, 0) is 4.79 Å². The highest BCUT2D eigenvalue weighted by molar-refractivity contribution is 5.78. The van der Waals surface area contributed by atoms with E-state index < -0.39 is 0 Å². The molecule has 0 bridgehead atoms. The molecule has 5 heteroatoms. The van der Waals surface area contributed by atoms with Crippen molar-refractivity contribution in [3.05, 3.63) is 54.4 Å². The number of hydrogen-bond donors (Lipinski definition) is 0. The molecule has 1 amide bonds. The van der Waals surface area contributed by atoms with Crippen molar-refractivity contribution in [1.29, 1.82) is 0 Å². The first-order valence-corrected chi connectivity index (χ1v) is 10.1. The lowest BCUT2D eigenvalue weighted by molar-refractivity contribution is -0.132. The van der Waals surface area contributed by atoms with Crippen molar-refractivity contribution in [3.63, 3.8) is 0 Å².